The van der Waals surface area contributed by atoms with Crippen molar-refractivity contribution >= 4 is 12.0 Å². The number of hydrogen-bond donors (Lipinski definition) is 0. The maximum Gasteiger partial charge on any atom is 0.307 e. The maximum atomic E-state index is 11.4. The van der Waals surface area contributed by atoms with E-state index in [1.54, 1.807) is 13.0 Å². The Kier molecular flexibility index (Phi) is 5.79. The van der Waals surface area contributed by atoms with Gasteiger partial charge in [0.25, 0.3) is 0 Å². The van der Waals surface area contributed by atoms with E-state index in [0.29, 0.717) is 12.5 Å². The number of carbonyl (C=O) groups is 1. The predicted molar refractivity (Wildman–Crippen MR) is 59.7 cm³/mol. The lowest BCUT2D eigenvalue weighted by molar-refractivity contribution is -0.143. The summed E-state index contributed by atoms with van der Waals surface area (Å²) in [6.45, 7) is 2.15. The minimum Gasteiger partial charge on any atom is -0.466 e. The summed E-state index contributed by atoms with van der Waals surface area (Å²) >= 11 is 0. The molecule has 1 saturated carbocycles. The van der Waals surface area contributed by atoms with Crippen LogP contribution in [0.2, 0.25) is 0 Å². The minimum atomic E-state index is -0.267. The molecule has 1 atom stereocenters. The first kappa shape index (κ1) is 12.9. The molecule has 90 valence electrons. The molecule has 0 aromatic carbocycles. The number of aliphatic imine (C=N–C) groups is 1. The van der Waals surface area contributed by atoms with E-state index >= 15 is 0 Å². The van der Waals surface area contributed by atoms with Gasteiger partial charge < -0.3 is 4.74 Å². The maximum absolute atomic E-state index is 11.4. The van der Waals surface area contributed by atoms with Crippen LogP contribution in [-0.4, -0.2) is 24.7 Å². The summed E-state index contributed by atoms with van der Waals surface area (Å²) in [6.07, 6.45) is 7.47. The largest absolute Gasteiger partial charge is 0.466 e. The van der Waals surface area contributed by atoms with Crippen LogP contribution in [0.15, 0.2) is 4.99 Å². The Hall–Kier alpha value is -1.15. The van der Waals surface area contributed by atoms with E-state index < -0.39 is 0 Å². The number of carbonyl (C=O) groups excluding carboxylic acids is 2. The lowest BCUT2D eigenvalue weighted by atomic mass is 9.83. The average Bonchev–Trinajstić information content (AvgIpc) is 2.30. The Labute approximate surface area is 96.1 Å². The van der Waals surface area contributed by atoms with Gasteiger partial charge in [0, 0.05) is 0 Å². The third-order valence-corrected chi connectivity index (χ3v) is 3.09. The fourth-order valence-corrected chi connectivity index (χ4v) is 2.30. The summed E-state index contributed by atoms with van der Waals surface area (Å²) in [5.74, 6) is 0.0803. The van der Waals surface area contributed by atoms with Crippen molar-refractivity contribution in [3.63, 3.8) is 0 Å². The molecule has 1 aliphatic carbocycles. The second kappa shape index (κ2) is 7.18. The zero-order chi connectivity index (χ0) is 11.8. The summed E-state index contributed by atoms with van der Waals surface area (Å²) in [5.41, 5.74) is 0. The Morgan fingerprint density at radius 2 is 2.12 bits per heavy atom. The Morgan fingerprint density at radius 1 is 1.44 bits per heavy atom. The van der Waals surface area contributed by atoms with E-state index in [-0.39, 0.29) is 18.4 Å². The lowest BCUT2D eigenvalue weighted by Crippen LogP contribution is -2.25. The summed E-state index contributed by atoms with van der Waals surface area (Å²) in [6, 6.07) is -0.225. The van der Waals surface area contributed by atoms with Gasteiger partial charge in [-0.1, -0.05) is 19.3 Å². The fourth-order valence-electron chi connectivity index (χ4n) is 2.30. The summed E-state index contributed by atoms with van der Waals surface area (Å²) in [4.78, 5) is 25.5. The van der Waals surface area contributed by atoms with Gasteiger partial charge in [-0.15, -0.1) is 0 Å². The Morgan fingerprint density at radius 3 is 2.69 bits per heavy atom. The van der Waals surface area contributed by atoms with Crippen molar-refractivity contribution in [3.8, 4) is 0 Å². The van der Waals surface area contributed by atoms with Crippen LogP contribution in [0, 0.1) is 5.92 Å². The molecule has 0 saturated heterocycles. The highest BCUT2D eigenvalue weighted by Gasteiger charge is 2.25. The average molecular weight is 225 g/mol. The molecule has 1 rings (SSSR count). The number of esters is 1. The van der Waals surface area contributed by atoms with Gasteiger partial charge in [0.2, 0.25) is 6.08 Å². The van der Waals surface area contributed by atoms with Crippen LogP contribution in [-0.2, 0) is 14.3 Å². The van der Waals surface area contributed by atoms with Crippen molar-refractivity contribution < 1.29 is 14.3 Å². The highest BCUT2D eigenvalue weighted by molar-refractivity contribution is 5.70. The van der Waals surface area contributed by atoms with E-state index in [4.69, 9.17) is 4.74 Å². The SMILES string of the molecule is CCOC(=O)CC(N=C=O)C1CCCCC1. The molecular formula is C12H19NO3. The van der Waals surface area contributed by atoms with Crippen molar-refractivity contribution in [2.24, 2.45) is 10.9 Å². The number of ether oxygens (including phenoxy) is 1. The third kappa shape index (κ3) is 4.15. The van der Waals surface area contributed by atoms with Crippen LogP contribution in [0.5, 0.6) is 0 Å². The van der Waals surface area contributed by atoms with Gasteiger partial charge in [-0.2, -0.15) is 0 Å². The van der Waals surface area contributed by atoms with E-state index in [0.717, 1.165) is 12.8 Å². The number of nitrogens with zero attached hydrogens (tertiary/aromatic N) is 1. The molecular weight excluding hydrogens is 206 g/mol. The summed E-state index contributed by atoms with van der Waals surface area (Å²) in [7, 11) is 0. The van der Waals surface area contributed by atoms with Crippen LogP contribution in [0.4, 0.5) is 0 Å². The zero-order valence-electron chi connectivity index (χ0n) is 9.78. The molecule has 0 bridgehead atoms. The van der Waals surface area contributed by atoms with Crippen LogP contribution in [0.3, 0.4) is 0 Å². The number of rotatable bonds is 5. The van der Waals surface area contributed by atoms with Crippen molar-refractivity contribution in [1.29, 1.82) is 0 Å². The molecule has 16 heavy (non-hydrogen) atoms. The number of isocyanates is 1. The van der Waals surface area contributed by atoms with Gasteiger partial charge in [0.1, 0.15) is 0 Å². The van der Waals surface area contributed by atoms with E-state index in [1.165, 1.54) is 19.3 Å². The first-order valence-electron chi connectivity index (χ1n) is 6.00. The first-order valence-corrected chi connectivity index (χ1v) is 6.00. The molecule has 0 spiro atoms. The van der Waals surface area contributed by atoms with Crippen LogP contribution < -0.4 is 0 Å². The lowest BCUT2D eigenvalue weighted by Gasteiger charge is -2.25. The molecule has 4 nitrogen and oxygen atoms in total. The molecule has 1 aliphatic rings. The topological polar surface area (TPSA) is 55.7 Å². The molecule has 4 heteroatoms. The highest BCUT2D eigenvalue weighted by Crippen LogP contribution is 2.29. The van der Waals surface area contributed by atoms with E-state index in [9.17, 15) is 9.59 Å². The quantitative estimate of drug-likeness (QED) is 0.409. The second-order valence-corrected chi connectivity index (χ2v) is 4.19. The van der Waals surface area contributed by atoms with Crippen LogP contribution in [0.1, 0.15) is 45.4 Å². The van der Waals surface area contributed by atoms with E-state index in [2.05, 4.69) is 4.99 Å². The zero-order valence-corrected chi connectivity index (χ0v) is 9.78. The Balaban J connectivity index is 2.51. The van der Waals surface area contributed by atoms with Crippen LogP contribution in [0.25, 0.3) is 0 Å². The second-order valence-electron chi connectivity index (χ2n) is 4.19. The van der Waals surface area contributed by atoms with E-state index in [1.807, 2.05) is 0 Å². The summed E-state index contributed by atoms with van der Waals surface area (Å²) < 4.78 is 4.88. The van der Waals surface area contributed by atoms with Crippen molar-refractivity contribution in [3.05, 3.63) is 0 Å². The molecule has 1 fully saturated rings. The molecule has 0 aromatic heterocycles. The minimum absolute atomic E-state index is 0.216. The monoisotopic (exact) mass is 225 g/mol. The Bertz CT molecular complexity index is 265. The van der Waals surface area contributed by atoms with Gasteiger partial charge in [-0.05, 0) is 25.7 Å². The molecule has 0 N–H and O–H groups in total. The molecule has 0 heterocycles. The standard InChI is InChI=1S/C12H19NO3/c1-2-16-12(15)8-11(13-9-14)10-6-4-3-5-7-10/h10-11H,2-8H2,1H3. The molecule has 0 radical (unpaired) electrons. The highest BCUT2D eigenvalue weighted by atomic mass is 16.5. The molecule has 1 unspecified atom stereocenters. The normalized spacial score (nSPS) is 18.6. The van der Waals surface area contributed by atoms with Gasteiger partial charge >= 0.3 is 5.97 Å². The van der Waals surface area contributed by atoms with Gasteiger partial charge in [-0.3, -0.25) is 4.79 Å². The van der Waals surface area contributed by atoms with Crippen LogP contribution >= 0.6 is 0 Å². The third-order valence-electron chi connectivity index (χ3n) is 3.09. The van der Waals surface area contributed by atoms with Crippen molar-refractivity contribution in [2.75, 3.05) is 6.61 Å². The molecule has 0 aromatic rings. The van der Waals surface area contributed by atoms with Gasteiger partial charge in [0.05, 0.1) is 19.1 Å². The van der Waals surface area contributed by atoms with Gasteiger partial charge in [-0.25, -0.2) is 9.79 Å². The van der Waals surface area contributed by atoms with Crippen molar-refractivity contribution in [2.45, 2.75) is 51.5 Å². The fraction of sp³-hybridized carbons (Fsp3) is 0.833. The predicted octanol–water partition coefficient (Wildman–Crippen LogP) is 2.22. The number of hydrogen-bond acceptors (Lipinski definition) is 4. The van der Waals surface area contributed by atoms with Gasteiger partial charge in [0.15, 0.2) is 0 Å². The first-order chi connectivity index (χ1) is 7.77. The molecule has 0 aliphatic heterocycles. The summed E-state index contributed by atoms with van der Waals surface area (Å²) in [5, 5.41) is 0. The smallest absolute Gasteiger partial charge is 0.307 e. The molecule has 0 amide bonds. The van der Waals surface area contributed by atoms with Crippen molar-refractivity contribution in [1.82, 2.24) is 0 Å².